The fourth-order valence-electron chi connectivity index (χ4n) is 5.81. The molecule has 3 heterocycles. The Labute approximate surface area is 246 Å². The predicted molar refractivity (Wildman–Crippen MR) is 157 cm³/mol. The van der Waals surface area contributed by atoms with Gasteiger partial charge in [0.1, 0.15) is 5.82 Å². The zero-order valence-corrected chi connectivity index (χ0v) is 24.3. The summed E-state index contributed by atoms with van der Waals surface area (Å²) in [4.78, 5) is 40.0. The van der Waals surface area contributed by atoms with Gasteiger partial charge in [0.2, 0.25) is 11.5 Å². The van der Waals surface area contributed by atoms with Crippen LogP contribution in [0, 0.1) is 5.82 Å². The first-order valence-electron chi connectivity index (χ1n) is 14.4. The average molecular weight is 602 g/mol. The number of aromatic amines is 1. The van der Waals surface area contributed by atoms with E-state index in [1.807, 2.05) is 25.8 Å². The molecule has 0 unspecified atom stereocenters. The van der Waals surface area contributed by atoms with Gasteiger partial charge in [0, 0.05) is 55.2 Å². The zero-order chi connectivity index (χ0) is 30.9. The van der Waals surface area contributed by atoms with E-state index in [0.717, 1.165) is 31.9 Å². The standard InChI is InChI=1S/C30H35F4N7O2/c1-17-15-41(16-18(2)40(17)3)26-13-23(31)20(24-9-10-35-29(39-24)37-19-7-5-4-6-8-19)11-25(26)38-28(43)21-14-36-27(42)12-22(21)30(32,33)34/h9-14,17-19H,4-8,15-16H2,1-3H3,(H,36,42)(H,38,43)(H,35,37,39)/t17-,18+. The number of nitrogens with one attached hydrogen (secondary N) is 3. The van der Waals surface area contributed by atoms with Crippen molar-refractivity contribution in [3.63, 3.8) is 0 Å². The molecule has 1 saturated carbocycles. The lowest BCUT2D eigenvalue weighted by Gasteiger charge is -2.44. The quantitative estimate of drug-likeness (QED) is 0.320. The summed E-state index contributed by atoms with van der Waals surface area (Å²) in [6.07, 6.45) is 2.66. The van der Waals surface area contributed by atoms with Crippen molar-refractivity contribution in [3.05, 3.63) is 64.0 Å². The van der Waals surface area contributed by atoms with E-state index in [9.17, 15) is 22.8 Å². The molecule has 1 amide bonds. The monoisotopic (exact) mass is 601 g/mol. The molecule has 2 aromatic heterocycles. The van der Waals surface area contributed by atoms with E-state index in [2.05, 4.69) is 30.5 Å². The van der Waals surface area contributed by atoms with E-state index in [4.69, 9.17) is 0 Å². The van der Waals surface area contributed by atoms with E-state index in [1.54, 1.807) is 6.07 Å². The number of nitrogens with zero attached hydrogens (tertiary/aromatic N) is 4. The summed E-state index contributed by atoms with van der Waals surface area (Å²) in [5, 5.41) is 5.89. The van der Waals surface area contributed by atoms with Crippen LogP contribution < -0.4 is 21.1 Å². The first kappa shape index (κ1) is 30.5. The Bertz CT molecular complexity index is 1530. The van der Waals surface area contributed by atoms with E-state index < -0.39 is 34.6 Å². The number of pyridine rings is 1. The molecule has 1 saturated heterocycles. The number of carbonyl (C=O) groups excluding carboxylic acids is 1. The second kappa shape index (κ2) is 12.3. The Morgan fingerprint density at radius 1 is 1.07 bits per heavy atom. The van der Waals surface area contributed by atoms with Gasteiger partial charge in [-0.05, 0) is 51.9 Å². The van der Waals surface area contributed by atoms with Gasteiger partial charge in [-0.15, -0.1) is 0 Å². The molecule has 0 radical (unpaired) electrons. The van der Waals surface area contributed by atoms with Crippen molar-refractivity contribution in [1.82, 2.24) is 19.9 Å². The predicted octanol–water partition coefficient (Wildman–Crippen LogP) is 5.52. The van der Waals surface area contributed by atoms with Gasteiger partial charge in [0.25, 0.3) is 5.91 Å². The first-order valence-corrected chi connectivity index (χ1v) is 14.4. The van der Waals surface area contributed by atoms with Crippen molar-refractivity contribution >= 4 is 23.2 Å². The second-order valence-electron chi connectivity index (χ2n) is 11.4. The molecule has 2 aliphatic rings. The minimum absolute atomic E-state index is 0.0564. The molecule has 1 aromatic carbocycles. The number of alkyl halides is 3. The molecule has 3 aromatic rings. The lowest BCUT2D eigenvalue weighted by Crippen LogP contribution is -2.55. The lowest BCUT2D eigenvalue weighted by atomic mass is 9.96. The van der Waals surface area contributed by atoms with Gasteiger partial charge < -0.3 is 20.5 Å². The highest BCUT2D eigenvalue weighted by Gasteiger charge is 2.36. The summed E-state index contributed by atoms with van der Waals surface area (Å²) < 4.78 is 57.1. The molecule has 3 N–H and O–H groups in total. The number of anilines is 3. The van der Waals surface area contributed by atoms with Crippen molar-refractivity contribution in [2.45, 2.75) is 70.3 Å². The third kappa shape index (κ3) is 6.82. The van der Waals surface area contributed by atoms with E-state index in [-0.39, 0.29) is 35.1 Å². The largest absolute Gasteiger partial charge is 0.417 e. The molecule has 0 bridgehead atoms. The van der Waals surface area contributed by atoms with Crippen LogP contribution in [0.25, 0.3) is 11.3 Å². The van der Waals surface area contributed by atoms with Crippen LogP contribution in [0.2, 0.25) is 0 Å². The number of hydrogen-bond acceptors (Lipinski definition) is 7. The van der Waals surface area contributed by atoms with Crippen molar-refractivity contribution in [1.29, 1.82) is 0 Å². The number of likely N-dealkylation sites (N-methyl/N-ethyl adjacent to an activating group) is 1. The summed E-state index contributed by atoms with van der Waals surface area (Å²) in [6.45, 7) is 5.03. The molecule has 5 rings (SSSR count). The number of amides is 1. The van der Waals surface area contributed by atoms with Crippen LogP contribution >= 0.6 is 0 Å². The number of piperazine rings is 1. The number of benzene rings is 1. The van der Waals surface area contributed by atoms with Crippen molar-refractivity contribution in [2.24, 2.45) is 0 Å². The molecule has 13 heteroatoms. The van der Waals surface area contributed by atoms with Gasteiger partial charge in [0.15, 0.2) is 0 Å². The van der Waals surface area contributed by atoms with Gasteiger partial charge in [-0.3, -0.25) is 14.5 Å². The number of H-pyrrole nitrogens is 1. The highest BCUT2D eigenvalue weighted by molar-refractivity contribution is 6.07. The summed E-state index contributed by atoms with van der Waals surface area (Å²) in [5.41, 5.74) is -2.36. The highest BCUT2D eigenvalue weighted by atomic mass is 19.4. The van der Waals surface area contributed by atoms with E-state index in [1.165, 1.54) is 24.8 Å². The van der Waals surface area contributed by atoms with Crippen LogP contribution in [0.5, 0.6) is 0 Å². The SMILES string of the molecule is C[C@@H]1CN(c2cc(F)c(-c3ccnc(NC4CCCCC4)n3)cc2NC(=O)c2c[nH]c(=O)cc2C(F)(F)F)C[C@H](C)N1C. The normalized spacial score (nSPS) is 20.2. The fourth-order valence-corrected chi connectivity index (χ4v) is 5.81. The number of carbonyl (C=O) groups is 1. The molecular formula is C30H35F4N7O2. The molecule has 2 atom stereocenters. The molecule has 2 fully saturated rings. The molecule has 1 aliphatic carbocycles. The van der Waals surface area contributed by atoms with Crippen molar-refractivity contribution < 1.29 is 22.4 Å². The molecule has 43 heavy (non-hydrogen) atoms. The zero-order valence-electron chi connectivity index (χ0n) is 24.3. The Morgan fingerprint density at radius 3 is 2.44 bits per heavy atom. The Kier molecular flexibility index (Phi) is 8.72. The van der Waals surface area contributed by atoms with Gasteiger partial charge in [-0.1, -0.05) is 19.3 Å². The number of rotatable bonds is 6. The number of halogens is 4. The van der Waals surface area contributed by atoms with Gasteiger partial charge in [-0.25, -0.2) is 14.4 Å². The van der Waals surface area contributed by atoms with Gasteiger partial charge in [0.05, 0.1) is 28.2 Å². The summed E-state index contributed by atoms with van der Waals surface area (Å²) in [7, 11) is 1.99. The Hall–Kier alpha value is -4.00. The topological polar surface area (TPSA) is 106 Å². The molecular weight excluding hydrogens is 566 g/mol. The maximum absolute atomic E-state index is 15.8. The van der Waals surface area contributed by atoms with Crippen LogP contribution in [0.3, 0.4) is 0 Å². The summed E-state index contributed by atoms with van der Waals surface area (Å²) in [6, 6.07) is 4.94. The van der Waals surface area contributed by atoms with Crippen LogP contribution in [0.15, 0.2) is 41.5 Å². The fraction of sp³-hybridized carbons (Fsp3) is 0.467. The lowest BCUT2D eigenvalue weighted by molar-refractivity contribution is -0.138. The van der Waals surface area contributed by atoms with Crippen molar-refractivity contribution in [3.8, 4) is 11.3 Å². The van der Waals surface area contributed by atoms with Gasteiger partial charge >= 0.3 is 6.18 Å². The van der Waals surface area contributed by atoms with Crippen LogP contribution in [-0.2, 0) is 6.18 Å². The summed E-state index contributed by atoms with van der Waals surface area (Å²) >= 11 is 0. The third-order valence-corrected chi connectivity index (χ3v) is 8.38. The first-order chi connectivity index (χ1) is 20.4. The Morgan fingerprint density at radius 2 is 1.77 bits per heavy atom. The molecule has 1 aliphatic heterocycles. The van der Waals surface area contributed by atoms with E-state index in [0.29, 0.717) is 30.8 Å². The smallest absolute Gasteiger partial charge is 0.367 e. The average Bonchev–Trinajstić information content (AvgIpc) is 2.96. The molecule has 0 spiro atoms. The highest BCUT2D eigenvalue weighted by Crippen LogP contribution is 2.37. The maximum atomic E-state index is 15.8. The van der Waals surface area contributed by atoms with E-state index >= 15 is 4.39 Å². The maximum Gasteiger partial charge on any atom is 0.417 e. The minimum Gasteiger partial charge on any atom is -0.367 e. The van der Waals surface area contributed by atoms with Gasteiger partial charge in [-0.2, -0.15) is 13.2 Å². The van der Waals surface area contributed by atoms with Crippen molar-refractivity contribution in [2.75, 3.05) is 35.7 Å². The minimum atomic E-state index is -4.94. The van der Waals surface area contributed by atoms with Crippen LogP contribution in [0.4, 0.5) is 34.9 Å². The number of aromatic nitrogens is 3. The van der Waals surface area contributed by atoms with Crippen LogP contribution in [0.1, 0.15) is 61.9 Å². The molecule has 230 valence electrons. The second-order valence-corrected chi connectivity index (χ2v) is 11.4. The summed E-state index contributed by atoms with van der Waals surface area (Å²) in [5.74, 6) is -1.35. The third-order valence-electron chi connectivity index (χ3n) is 8.38. The molecule has 9 nitrogen and oxygen atoms in total. The number of hydrogen-bond donors (Lipinski definition) is 3. The Balaban J connectivity index is 1.55. The van der Waals surface area contributed by atoms with Crippen LogP contribution in [-0.4, -0.2) is 64.0 Å².